The Bertz CT molecular complexity index is 787. The number of para-hydroxylation sites is 1. The van der Waals surface area contributed by atoms with Gasteiger partial charge in [0.05, 0.1) is 22.9 Å². The van der Waals surface area contributed by atoms with E-state index in [1.165, 1.54) is 26.0 Å². The molecular formula is C15H13F3N2O3S. The van der Waals surface area contributed by atoms with Gasteiger partial charge in [-0.2, -0.15) is 13.2 Å². The van der Waals surface area contributed by atoms with E-state index in [4.69, 9.17) is 5.11 Å². The molecule has 1 heterocycles. The summed E-state index contributed by atoms with van der Waals surface area (Å²) < 4.78 is 38.8. The maximum atomic E-state index is 12.9. The van der Waals surface area contributed by atoms with Gasteiger partial charge in [0.15, 0.2) is 0 Å². The maximum Gasteiger partial charge on any atom is 0.418 e. The number of carboxylic acids is 1. The first-order valence-electron chi connectivity index (χ1n) is 6.79. The number of carbonyl (C=O) groups excluding carboxylic acids is 1. The molecule has 0 fully saturated rings. The Hall–Kier alpha value is -2.42. The number of aromatic nitrogens is 1. The van der Waals surface area contributed by atoms with Crippen LogP contribution in [0, 0.1) is 6.92 Å². The predicted octanol–water partition coefficient (Wildman–Crippen LogP) is 3.91. The Balaban J connectivity index is 2.25. The summed E-state index contributed by atoms with van der Waals surface area (Å²) in [6.07, 6.45) is -4.60. The minimum atomic E-state index is -4.60. The van der Waals surface area contributed by atoms with Crippen LogP contribution < -0.4 is 5.32 Å². The first-order chi connectivity index (χ1) is 11.1. The molecule has 0 saturated heterocycles. The van der Waals surface area contributed by atoms with Gasteiger partial charge in [0.25, 0.3) is 0 Å². The average molecular weight is 358 g/mol. The molecule has 1 aromatic carbocycles. The second-order valence-corrected chi connectivity index (χ2v) is 6.06. The first-order valence-corrected chi connectivity index (χ1v) is 7.60. The van der Waals surface area contributed by atoms with Crippen LogP contribution in [0.2, 0.25) is 0 Å². The van der Waals surface area contributed by atoms with E-state index in [9.17, 15) is 22.8 Å². The number of nitrogens with zero attached hydrogens (tertiary/aromatic N) is 1. The van der Waals surface area contributed by atoms with Gasteiger partial charge >= 0.3 is 12.1 Å². The van der Waals surface area contributed by atoms with Gasteiger partial charge in [0, 0.05) is 0 Å². The normalized spacial score (nSPS) is 12.7. The number of carboxylic acid groups (broad SMARTS) is 1. The molecule has 2 N–H and O–H groups in total. The molecule has 2 rings (SSSR count). The second-order valence-electron chi connectivity index (χ2n) is 5.03. The molecule has 0 aliphatic heterocycles. The van der Waals surface area contributed by atoms with Crippen molar-refractivity contribution in [1.82, 2.24) is 4.98 Å². The fraction of sp³-hybridized carbons (Fsp3) is 0.267. The third-order valence-electron chi connectivity index (χ3n) is 3.26. The Morgan fingerprint density at radius 1 is 1.29 bits per heavy atom. The summed E-state index contributed by atoms with van der Waals surface area (Å²) in [6.45, 7) is 2.95. The van der Waals surface area contributed by atoms with Crippen molar-refractivity contribution < 1.29 is 27.9 Å². The van der Waals surface area contributed by atoms with Crippen LogP contribution in [0.25, 0.3) is 0 Å². The van der Waals surface area contributed by atoms with Gasteiger partial charge in [-0.3, -0.25) is 4.79 Å². The van der Waals surface area contributed by atoms with Crippen LogP contribution in [0.5, 0.6) is 0 Å². The van der Waals surface area contributed by atoms with Gasteiger partial charge in [0.1, 0.15) is 9.88 Å². The van der Waals surface area contributed by atoms with E-state index in [2.05, 4.69) is 10.3 Å². The van der Waals surface area contributed by atoms with E-state index in [0.29, 0.717) is 0 Å². The van der Waals surface area contributed by atoms with Crippen LogP contribution in [0.4, 0.5) is 18.9 Å². The fourth-order valence-corrected chi connectivity index (χ4v) is 2.95. The lowest BCUT2D eigenvalue weighted by Gasteiger charge is -2.15. The molecule has 0 saturated carbocycles. The number of aromatic carboxylic acids is 1. The van der Waals surface area contributed by atoms with Crippen molar-refractivity contribution in [2.75, 3.05) is 5.32 Å². The lowest BCUT2D eigenvalue weighted by Crippen LogP contribution is -2.21. The Morgan fingerprint density at radius 3 is 2.46 bits per heavy atom. The van der Waals surface area contributed by atoms with Crippen molar-refractivity contribution in [2.45, 2.75) is 25.9 Å². The molecular weight excluding hydrogens is 345 g/mol. The standard InChI is InChI=1S/C15H13F3N2O3S/c1-7(13-19-8(2)11(24-13)14(22)23)12(21)20-10-6-4-3-5-9(10)15(16,17)18/h3-7H,1-2H3,(H,20,21)(H,22,23). The molecule has 5 nitrogen and oxygen atoms in total. The summed E-state index contributed by atoms with van der Waals surface area (Å²) in [6, 6.07) is 4.64. The number of alkyl halides is 3. The van der Waals surface area contributed by atoms with E-state index in [1.54, 1.807) is 0 Å². The van der Waals surface area contributed by atoms with Gasteiger partial charge in [0.2, 0.25) is 5.91 Å². The van der Waals surface area contributed by atoms with Crippen LogP contribution >= 0.6 is 11.3 Å². The molecule has 0 aliphatic carbocycles. The van der Waals surface area contributed by atoms with Gasteiger partial charge in [-0.15, -0.1) is 11.3 Å². The molecule has 128 valence electrons. The lowest BCUT2D eigenvalue weighted by atomic mass is 10.1. The minimum absolute atomic E-state index is 0.000316. The summed E-state index contributed by atoms with van der Waals surface area (Å²) in [5.74, 6) is -2.74. The zero-order valence-corrected chi connectivity index (χ0v) is 13.5. The molecule has 0 bridgehead atoms. The predicted molar refractivity (Wildman–Crippen MR) is 82.3 cm³/mol. The van der Waals surface area contributed by atoms with E-state index < -0.39 is 29.5 Å². The molecule has 1 amide bonds. The Morgan fingerprint density at radius 2 is 1.92 bits per heavy atom. The molecule has 0 spiro atoms. The van der Waals surface area contributed by atoms with Gasteiger partial charge in [-0.1, -0.05) is 12.1 Å². The number of halogens is 3. The number of thiazole rings is 1. The van der Waals surface area contributed by atoms with Crippen molar-refractivity contribution in [1.29, 1.82) is 0 Å². The van der Waals surface area contributed by atoms with Crippen LogP contribution in [-0.2, 0) is 11.0 Å². The Kier molecular flexibility index (Phi) is 4.93. The third kappa shape index (κ3) is 3.73. The number of rotatable bonds is 4. The number of benzene rings is 1. The highest BCUT2D eigenvalue weighted by molar-refractivity contribution is 7.13. The number of aryl methyl sites for hydroxylation is 1. The number of anilines is 1. The van der Waals surface area contributed by atoms with E-state index in [0.717, 1.165) is 23.5 Å². The molecule has 1 aromatic heterocycles. The summed E-state index contributed by atoms with van der Waals surface area (Å²) in [5.41, 5.74) is -1.04. The lowest BCUT2D eigenvalue weighted by molar-refractivity contribution is -0.137. The summed E-state index contributed by atoms with van der Waals surface area (Å²) in [7, 11) is 0. The monoisotopic (exact) mass is 358 g/mol. The highest BCUT2D eigenvalue weighted by atomic mass is 32.1. The van der Waals surface area contributed by atoms with E-state index >= 15 is 0 Å². The van der Waals surface area contributed by atoms with Crippen molar-refractivity contribution >= 4 is 28.9 Å². The van der Waals surface area contributed by atoms with E-state index in [-0.39, 0.29) is 21.3 Å². The van der Waals surface area contributed by atoms with Gasteiger partial charge < -0.3 is 10.4 Å². The molecule has 9 heteroatoms. The maximum absolute atomic E-state index is 12.9. The zero-order valence-electron chi connectivity index (χ0n) is 12.6. The highest BCUT2D eigenvalue weighted by Crippen LogP contribution is 2.35. The average Bonchev–Trinajstić information content (AvgIpc) is 2.88. The zero-order chi connectivity index (χ0) is 18.1. The number of carbonyl (C=O) groups is 2. The highest BCUT2D eigenvalue weighted by Gasteiger charge is 2.34. The number of amides is 1. The smallest absolute Gasteiger partial charge is 0.418 e. The molecule has 0 aliphatic rings. The summed E-state index contributed by atoms with van der Waals surface area (Å²) >= 11 is 0.831. The van der Waals surface area contributed by atoms with Crippen molar-refractivity contribution in [3.8, 4) is 0 Å². The number of nitrogens with one attached hydrogen (secondary N) is 1. The van der Waals surface area contributed by atoms with Gasteiger partial charge in [-0.25, -0.2) is 9.78 Å². The van der Waals surface area contributed by atoms with Crippen LogP contribution in [0.15, 0.2) is 24.3 Å². The molecule has 1 unspecified atom stereocenters. The van der Waals surface area contributed by atoms with Crippen molar-refractivity contribution in [3.63, 3.8) is 0 Å². The third-order valence-corrected chi connectivity index (χ3v) is 4.59. The Labute approximate surface area is 139 Å². The van der Waals surface area contributed by atoms with Crippen molar-refractivity contribution in [2.24, 2.45) is 0 Å². The molecule has 1 atom stereocenters. The largest absolute Gasteiger partial charge is 0.477 e. The quantitative estimate of drug-likeness (QED) is 0.868. The molecule has 2 aromatic rings. The summed E-state index contributed by atoms with van der Waals surface area (Å²) in [5, 5.41) is 11.5. The van der Waals surface area contributed by atoms with Gasteiger partial charge in [-0.05, 0) is 26.0 Å². The number of hydrogen-bond acceptors (Lipinski definition) is 4. The first kappa shape index (κ1) is 17.9. The van der Waals surface area contributed by atoms with E-state index in [1.807, 2.05) is 0 Å². The second kappa shape index (κ2) is 6.60. The van der Waals surface area contributed by atoms with Crippen molar-refractivity contribution in [3.05, 3.63) is 45.4 Å². The number of hydrogen-bond donors (Lipinski definition) is 2. The van der Waals surface area contributed by atoms with Crippen LogP contribution in [0.3, 0.4) is 0 Å². The fourth-order valence-electron chi connectivity index (χ4n) is 1.99. The molecule has 24 heavy (non-hydrogen) atoms. The van der Waals surface area contributed by atoms with Crippen LogP contribution in [-0.4, -0.2) is 22.0 Å². The van der Waals surface area contributed by atoms with Crippen LogP contribution in [0.1, 0.15) is 38.8 Å². The SMILES string of the molecule is Cc1nc(C(C)C(=O)Nc2ccccc2C(F)(F)F)sc1C(=O)O. The summed E-state index contributed by atoms with van der Waals surface area (Å²) in [4.78, 5) is 27.3. The topological polar surface area (TPSA) is 79.3 Å². The molecule has 0 radical (unpaired) electrons. The minimum Gasteiger partial charge on any atom is -0.477 e.